The summed E-state index contributed by atoms with van der Waals surface area (Å²) in [5.41, 5.74) is 2.15. The summed E-state index contributed by atoms with van der Waals surface area (Å²) in [5.74, 6) is 1.90. The summed E-state index contributed by atoms with van der Waals surface area (Å²) in [7, 11) is 3.23. The quantitative estimate of drug-likeness (QED) is 0.289. The van der Waals surface area contributed by atoms with Gasteiger partial charge in [-0.3, -0.25) is 14.2 Å². The van der Waals surface area contributed by atoms with Crippen molar-refractivity contribution < 1.29 is 19.1 Å². The van der Waals surface area contributed by atoms with Crippen LogP contribution >= 0.6 is 11.8 Å². The lowest BCUT2D eigenvalue weighted by Gasteiger charge is -2.26. The minimum absolute atomic E-state index is 0.0101. The number of anilines is 1. The lowest BCUT2D eigenvalue weighted by molar-refractivity contribution is -0.115. The third kappa shape index (κ3) is 5.73. The number of hydrogen-bond acceptors (Lipinski definition) is 7. The Bertz CT molecular complexity index is 1220. The van der Waals surface area contributed by atoms with E-state index in [0.717, 1.165) is 42.2 Å². The molecule has 0 saturated heterocycles. The molecule has 0 unspecified atom stereocenters. The Morgan fingerprint density at radius 3 is 2.33 bits per heavy atom. The summed E-state index contributed by atoms with van der Waals surface area (Å²) in [5, 5.41) is 12.3. The predicted octanol–water partition coefficient (Wildman–Crippen LogP) is 5.79. The second kappa shape index (κ2) is 11.6. The van der Waals surface area contributed by atoms with Crippen LogP contribution < -0.4 is 14.8 Å². The fourth-order valence-corrected chi connectivity index (χ4v) is 5.36. The van der Waals surface area contributed by atoms with Crippen molar-refractivity contribution in [3.63, 3.8) is 0 Å². The highest BCUT2D eigenvalue weighted by Gasteiger charge is 2.27. The van der Waals surface area contributed by atoms with Crippen molar-refractivity contribution in [3.05, 3.63) is 48.0 Å². The Labute approximate surface area is 215 Å². The van der Waals surface area contributed by atoms with Gasteiger partial charge >= 0.3 is 0 Å². The van der Waals surface area contributed by atoms with Gasteiger partial charge in [0.15, 0.2) is 28.3 Å². The molecule has 0 radical (unpaired) electrons. The summed E-state index contributed by atoms with van der Waals surface area (Å²) < 4.78 is 13.1. The minimum Gasteiger partial charge on any atom is -0.493 e. The van der Waals surface area contributed by atoms with Crippen LogP contribution in [0.5, 0.6) is 11.5 Å². The van der Waals surface area contributed by atoms with Crippen molar-refractivity contribution in [1.29, 1.82) is 0 Å². The van der Waals surface area contributed by atoms with E-state index in [1.165, 1.54) is 25.1 Å². The van der Waals surface area contributed by atoms with Gasteiger partial charge in [0.2, 0.25) is 5.91 Å². The van der Waals surface area contributed by atoms with Crippen molar-refractivity contribution in [2.75, 3.05) is 19.5 Å². The molecule has 0 spiro atoms. The van der Waals surface area contributed by atoms with E-state index < -0.39 is 5.25 Å². The number of thioether (sulfide) groups is 1. The predicted molar refractivity (Wildman–Crippen MR) is 141 cm³/mol. The molecule has 3 aromatic rings. The zero-order valence-electron chi connectivity index (χ0n) is 21.1. The van der Waals surface area contributed by atoms with Crippen LogP contribution in [0.25, 0.3) is 11.4 Å². The van der Waals surface area contributed by atoms with Gasteiger partial charge in [0.05, 0.1) is 19.5 Å². The van der Waals surface area contributed by atoms with Crippen LogP contribution in [0.4, 0.5) is 5.69 Å². The maximum Gasteiger partial charge on any atom is 0.237 e. The summed E-state index contributed by atoms with van der Waals surface area (Å²) in [6, 6.07) is 12.9. The first-order valence-corrected chi connectivity index (χ1v) is 13.0. The summed E-state index contributed by atoms with van der Waals surface area (Å²) in [6.45, 7) is 3.38. The first-order valence-electron chi connectivity index (χ1n) is 12.2. The van der Waals surface area contributed by atoms with Gasteiger partial charge in [0, 0.05) is 22.9 Å². The highest BCUT2D eigenvalue weighted by molar-refractivity contribution is 8.00. The van der Waals surface area contributed by atoms with Gasteiger partial charge in [0.1, 0.15) is 0 Å². The van der Waals surface area contributed by atoms with Crippen LogP contribution in [0.3, 0.4) is 0 Å². The number of amides is 1. The van der Waals surface area contributed by atoms with Crippen LogP contribution in [0.1, 0.15) is 62.4 Å². The standard InChI is InChI=1S/C27H32N4O4S/c1-17(32)19-10-13-21(14-11-19)28-26(33)18(2)36-27-30-29-25(31(27)22-8-6-5-7-9-22)20-12-15-23(34-3)24(16-20)35-4/h10-16,18,22H,5-9H2,1-4H3,(H,28,33)/t18-/m1/s1. The number of carbonyl (C=O) groups is 2. The molecule has 1 saturated carbocycles. The maximum atomic E-state index is 13.0. The molecule has 1 aliphatic rings. The highest BCUT2D eigenvalue weighted by Crippen LogP contribution is 2.38. The number of ether oxygens (including phenoxy) is 2. The van der Waals surface area contributed by atoms with Crippen LogP contribution in [0, 0.1) is 0 Å². The average molecular weight is 509 g/mol. The highest BCUT2D eigenvalue weighted by atomic mass is 32.2. The van der Waals surface area contributed by atoms with E-state index in [1.807, 2.05) is 25.1 Å². The second-order valence-corrected chi connectivity index (χ2v) is 10.2. The number of carbonyl (C=O) groups excluding carboxylic acids is 2. The molecule has 1 fully saturated rings. The number of nitrogens with one attached hydrogen (secondary N) is 1. The van der Waals surface area contributed by atoms with Crippen LogP contribution in [-0.4, -0.2) is 45.9 Å². The lowest BCUT2D eigenvalue weighted by Crippen LogP contribution is -2.23. The largest absolute Gasteiger partial charge is 0.493 e. The Kier molecular flexibility index (Phi) is 8.30. The van der Waals surface area contributed by atoms with Crippen molar-refractivity contribution in [2.45, 2.75) is 62.4 Å². The molecule has 1 aliphatic carbocycles. The fourth-order valence-electron chi connectivity index (χ4n) is 4.44. The van der Waals surface area contributed by atoms with Gasteiger partial charge in [-0.25, -0.2) is 0 Å². The summed E-state index contributed by atoms with van der Waals surface area (Å²) >= 11 is 1.40. The smallest absolute Gasteiger partial charge is 0.237 e. The number of benzene rings is 2. The summed E-state index contributed by atoms with van der Waals surface area (Å²) in [4.78, 5) is 24.5. The van der Waals surface area contributed by atoms with E-state index in [9.17, 15) is 9.59 Å². The van der Waals surface area contributed by atoms with E-state index in [0.29, 0.717) is 22.7 Å². The first kappa shape index (κ1) is 25.8. The maximum absolute atomic E-state index is 13.0. The molecule has 1 heterocycles. The number of Topliss-reactive ketones (excluding diaryl/α,β-unsaturated/α-hetero) is 1. The van der Waals surface area contributed by atoms with E-state index in [-0.39, 0.29) is 17.7 Å². The monoisotopic (exact) mass is 508 g/mol. The minimum atomic E-state index is -0.401. The third-order valence-electron chi connectivity index (χ3n) is 6.46. The number of rotatable bonds is 9. The van der Waals surface area contributed by atoms with Gasteiger partial charge in [-0.1, -0.05) is 31.0 Å². The van der Waals surface area contributed by atoms with Crippen molar-refractivity contribution >= 4 is 29.1 Å². The second-order valence-electron chi connectivity index (χ2n) is 8.92. The van der Waals surface area contributed by atoms with Gasteiger partial charge < -0.3 is 14.8 Å². The zero-order valence-corrected chi connectivity index (χ0v) is 21.9. The molecule has 2 aromatic carbocycles. The number of methoxy groups -OCH3 is 2. The van der Waals surface area contributed by atoms with E-state index in [4.69, 9.17) is 9.47 Å². The number of aromatic nitrogens is 3. The number of ketones is 1. The van der Waals surface area contributed by atoms with Gasteiger partial charge in [-0.15, -0.1) is 10.2 Å². The molecular weight excluding hydrogens is 476 g/mol. The Morgan fingerprint density at radius 2 is 1.69 bits per heavy atom. The van der Waals surface area contributed by atoms with Crippen LogP contribution in [0.2, 0.25) is 0 Å². The molecular formula is C27H32N4O4S. The molecule has 1 atom stereocenters. The van der Waals surface area contributed by atoms with Gasteiger partial charge in [0.25, 0.3) is 0 Å². The molecule has 1 aromatic heterocycles. The SMILES string of the molecule is COc1ccc(-c2nnc(S[C@H](C)C(=O)Nc3ccc(C(C)=O)cc3)n2C2CCCCC2)cc1OC. The van der Waals surface area contributed by atoms with Gasteiger partial charge in [-0.05, 0) is 69.2 Å². The Morgan fingerprint density at radius 1 is 1.00 bits per heavy atom. The molecule has 1 N–H and O–H groups in total. The lowest BCUT2D eigenvalue weighted by atomic mass is 9.95. The molecule has 9 heteroatoms. The van der Waals surface area contributed by atoms with Crippen LogP contribution in [0.15, 0.2) is 47.6 Å². The normalized spacial score (nSPS) is 14.8. The fraction of sp³-hybridized carbons (Fsp3) is 0.407. The molecule has 0 aliphatic heterocycles. The van der Waals surface area contributed by atoms with Crippen LogP contribution in [-0.2, 0) is 4.79 Å². The van der Waals surface area contributed by atoms with E-state index in [2.05, 4.69) is 20.1 Å². The zero-order chi connectivity index (χ0) is 25.7. The Balaban J connectivity index is 1.58. The average Bonchev–Trinajstić information content (AvgIpc) is 3.32. The van der Waals surface area contributed by atoms with E-state index >= 15 is 0 Å². The van der Waals surface area contributed by atoms with Gasteiger partial charge in [-0.2, -0.15) is 0 Å². The molecule has 190 valence electrons. The molecule has 0 bridgehead atoms. The number of hydrogen-bond donors (Lipinski definition) is 1. The topological polar surface area (TPSA) is 95.3 Å². The van der Waals surface area contributed by atoms with Crippen molar-refractivity contribution in [1.82, 2.24) is 14.8 Å². The first-order chi connectivity index (χ1) is 17.4. The summed E-state index contributed by atoms with van der Waals surface area (Å²) in [6.07, 6.45) is 5.65. The molecule has 36 heavy (non-hydrogen) atoms. The molecule has 4 rings (SSSR count). The third-order valence-corrected chi connectivity index (χ3v) is 7.51. The van der Waals surface area contributed by atoms with Crippen molar-refractivity contribution in [3.8, 4) is 22.9 Å². The Hall–Kier alpha value is -3.33. The molecule has 8 nitrogen and oxygen atoms in total. The number of nitrogens with zero attached hydrogens (tertiary/aromatic N) is 3. The van der Waals surface area contributed by atoms with E-state index in [1.54, 1.807) is 38.5 Å². The molecule has 1 amide bonds. The van der Waals surface area contributed by atoms with Crippen molar-refractivity contribution in [2.24, 2.45) is 0 Å².